The van der Waals surface area contributed by atoms with Crippen molar-refractivity contribution >= 4 is 11.7 Å². The zero-order chi connectivity index (χ0) is 11.3. The van der Waals surface area contributed by atoms with Crippen molar-refractivity contribution in [3.8, 4) is 0 Å². The Labute approximate surface area is 90.4 Å². The molecule has 1 aromatic carbocycles. The summed E-state index contributed by atoms with van der Waals surface area (Å²) >= 11 is 0. The number of benzene rings is 1. The smallest absolute Gasteiger partial charge is 0.308 e. The van der Waals surface area contributed by atoms with Crippen molar-refractivity contribution in [2.24, 2.45) is 5.92 Å². The highest BCUT2D eigenvalue weighted by Gasteiger charge is 2.07. The molecule has 0 saturated heterocycles. The van der Waals surface area contributed by atoms with Crippen molar-refractivity contribution in [3.63, 3.8) is 0 Å². The largest absolute Gasteiger partial charge is 0.461 e. The second kappa shape index (κ2) is 5.39. The van der Waals surface area contributed by atoms with Gasteiger partial charge in [-0.25, -0.2) is 0 Å². The van der Waals surface area contributed by atoms with Gasteiger partial charge in [-0.1, -0.05) is 26.0 Å². The summed E-state index contributed by atoms with van der Waals surface area (Å²) in [4.78, 5) is 11.2. The number of anilines is 1. The molecule has 0 heterocycles. The molecule has 1 aromatic rings. The third kappa shape index (κ3) is 3.62. The van der Waals surface area contributed by atoms with Crippen LogP contribution in [0.5, 0.6) is 0 Å². The Morgan fingerprint density at radius 2 is 1.93 bits per heavy atom. The predicted octanol–water partition coefficient (Wildman–Crippen LogP) is 2.43. The van der Waals surface area contributed by atoms with Crippen LogP contribution in [0, 0.1) is 5.92 Å². The van der Waals surface area contributed by atoms with Crippen molar-refractivity contribution in [3.05, 3.63) is 29.8 Å². The van der Waals surface area contributed by atoms with Crippen LogP contribution in [0.4, 0.5) is 5.69 Å². The van der Waals surface area contributed by atoms with Crippen LogP contribution < -0.4 is 5.32 Å². The van der Waals surface area contributed by atoms with Crippen LogP contribution in [0.3, 0.4) is 0 Å². The molecular formula is C12H17NO2. The van der Waals surface area contributed by atoms with E-state index in [0.29, 0.717) is 6.61 Å². The summed E-state index contributed by atoms with van der Waals surface area (Å²) in [6.45, 7) is 4.00. The quantitative estimate of drug-likeness (QED) is 0.770. The van der Waals surface area contributed by atoms with E-state index in [1.54, 1.807) is 0 Å². The fourth-order valence-electron chi connectivity index (χ4n) is 1.09. The summed E-state index contributed by atoms with van der Waals surface area (Å²) in [6, 6.07) is 7.80. The van der Waals surface area contributed by atoms with E-state index >= 15 is 0 Å². The number of rotatable bonds is 4. The van der Waals surface area contributed by atoms with E-state index in [9.17, 15) is 4.79 Å². The van der Waals surface area contributed by atoms with Gasteiger partial charge in [0.1, 0.15) is 6.61 Å². The summed E-state index contributed by atoms with van der Waals surface area (Å²) < 4.78 is 5.10. The second-order valence-electron chi connectivity index (χ2n) is 3.71. The molecule has 0 bridgehead atoms. The first kappa shape index (κ1) is 11.6. The summed E-state index contributed by atoms with van der Waals surface area (Å²) in [5.41, 5.74) is 2.05. The lowest BCUT2D eigenvalue weighted by molar-refractivity contribution is -0.148. The SMILES string of the molecule is CNc1ccc(COC(=O)C(C)C)cc1. The molecule has 15 heavy (non-hydrogen) atoms. The number of carbonyl (C=O) groups excluding carboxylic acids is 1. The maximum Gasteiger partial charge on any atom is 0.308 e. The third-order valence-electron chi connectivity index (χ3n) is 2.10. The Morgan fingerprint density at radius 3 is 2.40 bits per heavy atom. The number of carbonyl (C=O) groups is 1. The van der Waals surface area contributed by atoms with E-state index < -0.39 is 0 Å². The molecule has 0 atom stereocenters. The number of hydrogen-bond donors (Lipinski definition) is 1. The van der Waals surface area contributed by atoms with E-state index in [1.165, 1.54) is 0 Å². The zero-order valence-electron chi connectivity index (χ0n) is 9.41. The molecule has 3 nitrogen and oxygen atoms in total. The van der Waals surface area contributed by atoms with E-state index in [4.69, 9.17) is 4.74 Å². The topological polar surface area (TPSA) is 38.3 Å². The minimum absolute atomic E-state index is 0.0680. The standard InChI is InChI=1S/C12H17NO2/c1-9(2)12(14)15-8-10-4-6-11(13-3)7-5-10/h4-7,9,13H,8H2,1-3H3. The first-order chi connectivity index (χ1) is 7.13. The second-order valence-corrected chi connectivity index (χ2v) is 3.71. The maximum atomic E-state index is 11.2. The monoisotopic (exact) mass is 207 g/mol. The van der Waals surface area contributed by atoms with Crippen molar-refractivity contribution < 1.29 is 9.53 Å². The number of ether oxygens (including phenoxy) is 1. The van der Waals surface area contributed by atoms with E-state index in [0.717, 1.165) is 11.3 Å². The Morgan fingerprint density at radius 1 is 1.33 bits per heavy atom. The van der Waals surface area contributed by atoms with Gasteiger partial charge in [0.25, 0.3) is 0 Å². The Kier molecular flexibility index (Phi) is 4.16. The lowest BCUT2D eigenvalue weighted by atomic mass is 10.2. The molecule has 0 fully saturated rings. The van der Waals surface area contributed by atoms with Gasteiger partial charge in [-0.3, -0.25) is 4.79 Å². The zero-order valence-corrected chi connectivity index (χ0v) is 9.41. The molecule has 1 rings (SSSR count). The highest BCUT2D eigenvalue weighted by molar-refractivity contribution is 5.71. The first-order valence-corrected chi connectivity index (χ1v) is 5.07. The average molecular weight is 207 g/mol. The molecule has 0 aromatic heterocycles. The van der Waals surface area contributed by atoms with Crippen LogP contribution in [0.25, 0.3) is 0 Å². The fourth-order valence-corrected chi connectivity index (χ4v) is 1.09. The van der Waals surface area contributed by atoms with Gasteiger partial charge in [0.05, 0.1) is 5.92 Å². The van der Waals surface area contributed by atoms with Crippen LogP contribution in [-0.4, -0.2) is 13.0 Å². The van der Waals surface area contributed by atoms with Crippen molar-refractivity contribution in [1.82, 2.24) is 0 Å². The highest BCUT2D eigenvalue weighted by atomic mass is 16.5. The molecule has 0 amide bonds. The van der Waals surface area contributed by atoms with E-state index in [1.807, 2.05) is 45.2 Å². The van der Waals surface area contributed by atoms with E-state index in [2.05, 4.69) is 5.32 Å². The third-order valence-corrected chi connectivity index (χ3v) is 2.10. The summed E-state index contributed by atoms with van der Waals surface area (Å²) in [6.07, 6.45) is 0. The number of hydrogen-bond acceptors (Lipinski definition) is 3. The minimum Gasteiger partial charge on any atom is -0.461 e. The van der Waals surface area contributed by atoms with E-state index in [-0.39, 0.29) is 11.9 Å². The molecule has 0 saturated carbocycles. The van der Waals surface area contributed by atoms with Crippen LogP contribution >= 0.6 is 0 Å². The molecular weight excluding hydrogens is 190 g/mol. The fraction of sp³-hybridized carbons (Fsp3) is 0.417. The lowest BCUT2D eigenvalue weighted by Gasteiger charge is -2.07. The molecule has 0 aliphatic carbocycles. The van der Waals surface area contributed by atoms with Gasteiger partial charge in [0, 0.05) is 12.7 Å². The van der Waals surface area contributed by atoms with Crippen molar-refractivity contribution in [2.45, 2.75) is 20.5 Å². The van der Waals surface area contributed by atoms with Gasteiger partial charge < -0.3 is 10.1 Å². The summed E-state index contributed by atoms with van der Waals surface area (Å²) in [7, 11) is 1.87. The minimum atomic E-state index is -0.160. The number of nitrogens with one attached hydrogen (secondary N) is 1. The van der Waals surface area contributed by atoms with Crippen molar-refractivity contribution in [1.29, 1.82) is 0 Å². The molecule has 0 aliphatic heterocycles. The average Bonchev–Trinajstić information content (AvgIpc) is 2.26. The first-order valence-electron chi connectivity index (χ1n) is 5.07. The number of esters is 1. The van der Waals surface area contributed by atoms with Gasteiger partial charge in [-0.2, -0.15) is 0 Å². The maximum absolute atomic E-state index is 11.2. The molecule has 0 spiro atoms. The van der Waals surface area contributed by atoms with Crippen LogP contribution in [0.1, 0.15) is 19.4 Å². The molecule has 0 radical (unpaired) electrons. The summed E-state index contributed by atoms with van der Waals surface area (Å²) in [5.74, 6) is -0.228. The lowest BCUT2D eigenvalue weighted by Crippen LogP contribution is -2.11. The van der Waals surface area contributed by atoms with Crippen LogP contribution in [0.15, 0.2) is 24.3 Å². The molecule has 0 unspecified atom stereocenters. The molecule has 0 aliphatic rings. The molecule has 82 valence electrons. The van der Waals surface area contributed by atoms with Gasteiger partial charge in [0.2, 0.25) is 0 Å². The van der Waals surface area contributed by atoms with Gasteiger partial charge in [-0.05, 0) is 17.7 Å². The highest BCUT2D eigenvalue weighted by Crippen LogP contribution is 2.10. The Bertz CT molecular complexity index is 317. The Hall–Kier alpha value is -1.51. The molecule has 1 N–H and O–H groups in total. The van der Waals surface area contributed by atoms with Crippen LogP contribution in [0.2, 0.25) is 0 Å². The Balaban J connectivity index is 2.47. The normalized spacial score (nSPS) is 10.1. The van der Waals surface area contributed by atoms with Crippen LogP contribution in [-0.2, 0) is 16.1 Å². The summed E-state index contributed by atoms with van der Waals surface area (Å²) in [5, 5.41) is 3.03. The predicted molar refractivity (Wildman–Crippen MR) is 60.6 cm³/mol. The van der Waals surface area contributed by atoms with Gasteiger partial charge in [-0.15, -0.1) is 0 Å². The van der Waals surface area contributed by atoms with Gasteiger partial charge >= 0.3 is 5.97 Å². The molecule has 3 heteroatoms. The van der Waals surface area contributed by atoms with Gasteiger partial charge in [0.15, 0.2) is 0 Å². The van der Waals surface area contributed by atoms with Crippen molar-refractivity contribution in [2.75, 3.05) is 12.4 Å².